The van der Waals surface area contributed by atoms with Gasteiger partial charge >= 0.3 is 0 Å². The van der Waals surface area contributed by atoms with E-state index in [1.165, 1.54) is 0 Å². The predicted octanol–water partition coefficient (Wildman–Crippen LogP) is -2.24. The van der Waals surface area contributed by atoms with Gasteiger partial charge in [0, 0.05) is 0 Å². The van der Waals surface area contributed by atoms with Crippen LogP contribution in [0.1, 0.15) is 13.8 Å². The lowest BCUT2D eigenvalue weighted by atomic mass is 10.1. The minimum atomic E-state index is -1.03. The molecule has 0 unspecified atom stereocenters. The molecule has 0 spiro atoms. The van der Waals surface area contributed by atoms with Gasteiger partial charge in [0.1, 0.15) is 0 Å². The fourth-order valence-electron chi connectivity index (χ4n) is 1.30. The van der Waals surface area contributed by atoms with Crippen molar-refractivity contribution in [1.29, 1.82) is 0 Å². The number of aromatic nitrogens is 3. The molecular formula is C11H22N6O4. The summed E-state index contributed by atoms with van der Waals surface area (Å²) in [6.07, 6.45) is 0. The number of nitrogens with zero attached hydrogens (tertiary/aromatic N) is 3. The zero-order valence-electron chi connectivity index (χ0n) is 12.0. The highest BCUT2D eigenvalue weighted by atomic mass is 16.3. The van der Waals surface area contributed by atoms with E-state index < -0.39 is 11.1 Å². The summed E-state index contributed by atoms with van der Waals surface area (Å²) in [5.74, 6) is 0.00844. The number of hydrogen-bond donors (Lipinski definition) is 7. The van der Waals surface area contributed by atoms with Crippen molar-refractivity contribution in [1.82, 2.24) is 15.0 Å². The molecule has 1 heterocycles. The minimum Gasteiger partial charge on any atom is -0.394 e. The second kappa shape index (κ2) is 6.80. The van der Waals surface area contributed by atoms with Gasteiger partial charge in [-0.2, -0.15) is 15.0 Å². The lowest BCUT2D eigenvalue weighted by Crippen LogP contribution is -2.44. The second-order valence-electron chi connectivity index (χ2n) is 5.34. The summed E-state index contributed by atoms with van der Waals surface area (Å²) in [7, 11) is 0. The van der Waals surface area contributed by atoms with E-state index in [0.29, 0.717) is 0 Å². The highest BCUT2D eigenvalue weighted by Crippen LogP contribution is 2.16. The monoisotopic (exact) mass is 302 g/mol. The average molecular weight is 302 g/mol. The van der Waals surface area contributed by atoms with Gasteiger partial charge in [-0.1, -0.05) is 0 Å². The van der Waals surface area contributed by atoms with Crippen LogP contribution in [0.15, 0.2) is 0 Å². The van der Waals surface area contributed by atoms with Crippen LogP contribution < -0.4 is 16.4 Å². The van der Waals surface area contributed by atoms with Crippen molar-refractivity contribution in [3.8, 4) is 0 Å². The number of aliphatic hydroxyl groups is 4. The van der Waals surface area contributed by atoms with Gasteiger partial charge in [0.05, 0.1) is 37.5 Å². The molecule has 0 saturated heterocycles. The molecule has 0 aliphatic carbocycles. The summed E-state index contributed by atoms with van der Waals surface area (Å²) in [6.45, 7) is 1.77. The number of rotatable bonds is 8. The van der Waals surface area contributed by atoms with Gasteiger partial charge < -0.3 is 36.8 Å². The Morgan fingerprint density at radius 2 is 1.14 bits per heavy atom. The number of hydrogen-bond acceptors (Lipinski definition) is 10. The third kappa shape index (κ3) is 4.63. The third-order valence-corrected chi connectivity index (χ3v) is 2.88. The first kappa shape index (κ1) is 17.3. The number of anilines is 3. The van der Waals surface area contributed by atoms with Gasteiger partial charge in [-0.25, -0.2) is 0 Å². The molecule has 21 heavy (non-hydrogen) atoms. The van der Waals surface area contributed by atoms with E-state index in [1.807, 2.05) is 0 Å². The van der Waals surface area contributed by atoms with Crippen LogP contribution in [0.3, 0.4) is 0 Å². The summed E-state index contributed by atoms with van der Waals surface area (Å²) in [4.78, 5) is 11.7. The fourth-order valence-corrected chi connectivity index (χ4v) is 1.30. The highest BCUT2D eigenvalue weighted by Gasteiger charge is 2.26. The zero-order valence-corrected chi connectivity index (χ0v) is 12.0. The Morgan fingerprint density at radius 1 is 0.810 bits per heavy atom. The lowest BCUT2D eigenvalue weighted by molar-refractivity contribution is 0.146. The summed E-state index contributed by atoms with van der Waals surface area (Å²) >= 11 is 0. The molecule has 0 amide bonds. The van der Waals surface area contributed by atoms with Crippen molar-refractivity contribution in [2.24, 2.45) is 0 Å². The number of nitrogen functional groups attached to an aromatic ring is 1. The van der Waals surface area contributed by atoms with Crippen molar-refractivity contribution in [2.75, 3.05) is 42.8 Å². The maximum absolute atomic E-state index is 9.24. The van der Waals surface area contributed by atoms with Gasteiger partial charge in [0.2, 0.25) is 17.8 Å². The SMILES string of the molecule is CC(CO)(CO)Nc1nc(N)nc(NC(C)(CO)CO)n1. The van der Waals surface area contributed by atoms with E-state index in [2.05, 4.69) is 25.6 Å². The van der Waals surface area contributed by atoms with Crippen molar-refractivity contribution >= 4 is 17.8 Å². The molecule has 0 aromatic carbocycles. The van der Waals surface area contributed by atoms with Gasteiger partial charge in [-0.05, 0) is 13.8 Å². The van der Waals surface area contributed by atoms with Crippen LogP contribution >= 0.6 is 0 Å². The second-order valence-corrected chi connectivity index (χ2v) is 5.34. The lowest BCUT2D eigenvalue weighted by Gasteiger charge is -2.28. The van der Waals surface area contributed by atoms with Crippen LogP contribution in [0.25, 0.3) is 0 Å². The third-order valence-electron chi connectivity index (χ3n) is 2.88. The van der Waals surface area contributed by atoms with Crippen molar-refractivity contribution in [2.45, 2.75) is 24.9 Å². The first-order valence-corrected chi connectivity index (χ1v) is 6.31. The van der Waals surface area contributed by atoms with Crippen LogP contribution in [-0.2, 0) is 0 Å². The Hall–Kier alpha value is -1.75. The summed E-state index contributed by atoms with van der Waals surface area (Å²) in [6, 6.07) is 0. The van der Waals surface area contributed by atoms with Crippen molar-refractivity contribution < 1.29 is 20.4 Å². The smallest absolute Gasteiger partial charge is 0.229 e. The Kier molecular flexibility index (Phi) is 5.61. The molecule has 0 fully saturated rings. The molecule has 0 aliphatic heterocycles. The topological polar surface area (TPSA) is 170 Å². The summed E-state index contributed by atoms with van der Waals surface area (Å²) in [5.41, 5.74) is 3.52. The minimum absolute atomic E-state index is 0.0498. The predicted molar refractivity (Wildman–Crippen MR) is 76.6 cm³/mol. The Balaban J connectivity index is 3.00. The molecule has 0 atom stereocenters. The molecule has 10 nitrogen and oxygen atoms in total. The summed E-state index contributed by atoms with van der Waals surface area (Å²) in [5, 5.41) is 42.5. The molecule has 0 bridgehead atoms. The van der Waals surface area contributed by atoms with Gasteiger partial charge in [-0.15, -0.1) is 0 Å². The summed E-state index contributed by atoms with van der Waals surface area (Å²) < 4.78 is 0. The molecule has 1 aromatic heterocycles. The standard InChI is InChI=1S/C11H22N6O4/c1-10(3-18,4-19)16-8-13-7(12)14-9(15-8)17-11(2,5-20)6-21/h18-21H,3-6H2,1-2H3,(H4,12,13,14,15,16,17). The first-order chi connectivity index (χ1) is 9.79. The molecule has 0 radical (unpaired) electrons. The Morgan fingerprint density at radius 3 is 1.43 bits per heavy atom. The van der Waals surface area contributed by atoms with Crippen LogP contribution in [0.4, 0.5) is 17.8 Å². The quantitative estimate of drug-likeness (QED) is 0.279. The normalized spacial score (nSPS) is 12.3. The Bertz CT molecular complexity index is 426. The van der Waals surface area contributed by atoms with E-state index in [9.17, 15) is 20.4 Å². The van der Waals surface area contributed by atoms with Crippen LogP contribution in [0, 0.1) is 0 Å². The van der Waals surface area contributed by atoms with Gasteiger partial charge in [0.15, 0.2) is 0 Å². The average Bonchev–Trinajstić information content (AvgIpc) is 2.46. The molecule has 1 rings (SSSR count). The maximum atomic E-state index is 9.24. The van der Waals surface area contributed by atoms with Crippen LogP contribution in [-0.4, -0.2) is 72.9 Å². The molecule has 10 heteroatoms. The molecule has 1 aromatic rings. The maximum Gasteiger partial charge on any atom is 0.229 e. The fraction of sp³-hybridized carbons (Fsp3) is 0.727. The van der Waals surface area contributed by atoms with E-state index in [-0.39, 0.29) is 44.3 Å². The molecule has 0 saturated carbocycles. The van der Waals surface area contributed by atoms with E-state index >= 15 is 0 Å². The number of nitrogens with two attached hydrogens (primary N) is 1. The van der Waals surface area contributed by atoms with Crippen molar-refractivity contribution in [3.63, 3.8) is 0 Å². The van der Waals surface area contributed by atoms with Crippen LogP contribution in [0.5, 0.6) is 0 Å². The first-order valence-electron chi connectivity index (χ1n) is 6.31. The van der Waals surface area contributed by atoms with Gasteiger partial charge in [0.25, 0.3) is 0 Å². The largest absolute Gasteiger partial charge is 0.394 e. The van der Waals surface area contributed by atoms with Crippen molar-refractivity contribution in [3.05, 3.63) is 0 Å². The van der Waals surface area contributed by atoms with Gasteiger partial charge in [-0.3, -0.25) is 0 Å². The zero-order chi connectivity index (χ0) is 16.1. The Labute approximate surface area is 122 Å². The van der Waals surface area contributed by atoms with E-state index in [1.54, 1.807) is 13.8 Å². The van der Waals surface area contributed by atoms with E-state index in [4.69, 9.17) is 5.73 Å². The molecular weight excluding hydrogens is 280 g/mol. The molecule has 8 N–H and O–H groups in total. The van der Waals surface area contributed by atoms with E-state index in [0.717, 1.165) is 0 Å². The highest BCUT2D eigenvalue weighted by molar-refractivity contribution is 5.42. The molecule has 0 aliphatic rings. The number of aliphatic hydroxyl groups excluding tert-OH is 4. The molecule has 120 valence electrons. The number of nitrogens with one attached hydrogen (secondary N) is 2. The van der Waals surface area contributed by atoms with Crippen LogP contribution in [0.2, 0.25) is 0 Å².